The van der Waals surface area contributed by atoms with Crippen molar-refractivity contribution in [3.05, 3.63) is 74.7 Å². The third-order valence-corrected chi connectivity index (χ3v) is 6.35. The molecule has 0 aliphatic carbocycles. The number of rotatable bonds is 5. The minimum absolute atomic E-state index is 0.0725. The van der Waals surface area contributed by atoms with Gasteiger partial charge in [-0.15, -0.1) is 0 Å². The van der Waals surface area contributed by atoms with Crippen LogP contribution in [0.4, 0.5) is 50.0 Å². The van der Waals surface area contributed by atoms with Gasteiger partial charge in [0.1, 0.15) is 0 Å². The Balaban J connectivity index is 2.32. The minimum Gasteiger partial charge on any atom is -0.449 e. The number of benzene rings is 2. The van der Waals surface area contributed by atoms with Crippen molar-refractivity contribution in [2.24, 2.45) is 5.11 Å². The number of hydrogen-bond acceptors (Lipinski definition) is 3. The number of alkyl halides is 9. The Morgan fingerprint density at radius 2 is 1.54 bits per heavy atom. The van der Waals surface area contributed by atoms with Gasteiger partial charge < -0.3 is 4.74 Å². The van der Waals surface area contributed by atoms with Crippen molar-refractivity contribution in [2.45, 2.75) is 63.2 Å². The number of hydrogen-bond donors (Lipinski definition) is 0. The van der Waals surface area contributed by atoms with Crippen LogP contribution < -0.4 is 4.90 Å². The lowest BCUT2D eigenvalue weighted by molar-refractivity contribution is -0.143. The van der Waals surface area contributed by atoms with Crippen LogP contribution in [0.3, 0.4) is 0 Å². The van der Waals surface area contributed by atoms with Crippen LogP contribution in [-0.2, 0) is 23.3 Å². The summed E-state index contributed by atoms with van der Waals surface area (Å²) >= 11 is 0. The van der Waals surface area contributed by atoms with Crippen LogP contribution in [0.15, 0.2) is 41.5 Å². The molecule has 1 amide bonds. The Hall–Kier alpha value is -3.61. The van der Waals surface area contributed by atoms with Gasteiger partial charge in [0.05, 0.1) is 35.0 Å². The third-order valence-electron chi connectivity index (χ3n) is 6.35. The van der Waals surface area contributed by atoms with E-state index >= 15 is 0 Å². The summed E-state index contributed by atoms with van der Waals surface area (Å²) < 4.78 is 127. The molecule has 3 unspecified atom stereocenters. The number of azide groups is 1. The molecule has 0 aromatic heterocycles. The Kier molecular flexibility index (Phi) is 8.34. The summed E-state index contributed by atoms with van der Waals surface area (Å²) in [5, 5.41) is 3.46. The molecule has 0 saturated carbocycles. The minimum atomic E-state index is -5.21. The number of anilines is 1. The van der Waals surface area contributed by atoms with E-state index in [0.717, 1.165) is 11.0 Å². The molecule has 0 bridgehead atoms. The quantitative estimate of drug-likeness (QED) is 0.156. The van der Waals surface area contributed by atoms with Crippen LogP contribution in [0, 0.1) is 0 Å². The van der Waals surface area contributed by atoms with Crippen molar-refractivity contribution in [3.8, 4) is 0 Å². The van der Waals surface area contributed by atoms with E-state index in [0.29, 0.717) is 24.3 Å². The van der Waals surface area contributed by atoms with Crippen LogP contribution in [0.5, 0.6) is 0 Å². The lowest BCUT2D eigenvalue weighted by Gasteiger charge is -2.42. The molecule has 1 aliphatic rings. The Bertz CT molecular complexity index is 1240. The van der Waals surface area contributed by atoms with Gasteiger partial charge in [-0.2, -0.15) is 39.5 Å². The molecule has 15 heteroatoms. The number of nitrogens with zero attached hydrogens (tertiary/aromatic N) is 4. The highest BCUT2D eigenvalue weighted by Gasteiger charge is 2.43. The second-order valence-electron chi connectivity index (χ2n) is 8.73. The molecule has 3 atom stereocenters. The van der Waals surface area contributed by atoms with Crippen LogP contribution in [0.1, 0.15) is 66.5 Å². The summed E-state index contributed by atoms with van der Waals surface area (Å²) in [7, 11) is 0. The maximum atomic E-state index is 13.6. The topological polar surface area (TPSA) is 78.3 Å². The molecule has 3 rings (SSSR count). The van der Waals surface area contributed by atoms with Gasteiger partial charge in [0, 0.05) is 16.9 Å². The first kappa shape index (κ1) is 29.9. The lowest BCUT2D eigenvalue weighted by Crippen LogP contribution is -2.45. The average Bonchev–Trinajstić information content (AvgIpc) is 2.84. The number of amides is 1. The van der Waals surface area contributed by atoms with E-state index in [9.17, 15) is 49.8 Å². The van der Waals surface area contributed by atoms with Crippen molar-refractivity contribution < 1.29 is 49.0 Å². The molecule has 39 heavy (non-hydrogen) atoms. The van der Waals surface area contributed by atoms with Crippen LogP contribution in [-0.4, -0.2) is 18.7 Å². The maximum Gasteiger partial charge on any atom is 0.416 e. The Morgan fingerprint density at radius 3 is 2.00 bits per heavy atom. The number of carbonyl (C=O) groups excluding carboxylic acids is 1. The summed E-state index contributed by atoms with van der Waals surface area (Å²) in [5.41, 5.74) is 3.65. The fourth-order valence-corrected chi connectivity index (χ4v) is 4.64. The second kappa shape index (κ2) is 10.9. The van der Waals surface area contributed by atoms with Crippen LogP contribution in [0.25, 0.3) is 10.4 Å². The van der Waals surface area contributed by atoms with E-state index in [1.165, 1.54) is 6.92 Å². The van der Waals surface area contributed by atoms with E-state index in [1.54, 1.807) is 6.92 Å². The van der Waals surface area contributed by atoms with Crippen molar-refractivity contribution in [1.29, 1.82) is 0 Å². The standard InChI is InChI=1S/C24H21F9N4O2/c1-3-16-11-18(17-10-13(22(25,26)27)5-6-19(17)37(16)21(38)39-4-2)20(35-36-34)12-7-14(23(28,29)30)9-15(8-12)24(31,32)33/h5-10,16,18,20H,3-4,11H2,1-2H3. The van der Waals surface area contributed by atoms with Gasteiger partial charge in [0.15, 0.2) is 0 Å². The van der Waals surface area contributed by atoms with E-state index in [2.05, 4.69) is 10.0 Å². The van der Waals surface area contributed by atoms with Crippen LogP contribution in [0.2, 0.25) is 0 Å². The smallest absolute Gasteiger partial charge is 0.416 e. The second-order valence-corrected chi connectivity index (χ2v) is 8.73. The normalized spacial score (nSPS) is 18.7. The molecule has 0 radical (unpaired) electrons. The third kappa shape index (κ3) is 6.35. The first-order valence-electron chi connectivity index (χ1n) is 11.5. The van der Waals surface area contributed by atoms with E-state index < -0.39 is 64.9 Å². The van der Waals surface area contributed by atoms with Crippen LogP contribution >= 0.6 is 0 Å². The molecule has 0 N–H and O–H groups in total. The maximum absolute atomic E-state index is 13.6. The Morgan fingerprint density at radius 1 is 0.974 bits per heavy atom. The van der Waals surface area contributed by atoms with E-state index in [1.807, 2.05) is 0 Å². The monoisotopic (exact) mass is 568 g/mol. The van der Waals surface area contributed by atoms with Crippen molar-refractivity contribution >= 4 is 11.8 Å². The fraction of sp³-hybridized carbons (Fsp3) is 0.458. The van der Waals surface area contributed by atoms with Gasteiger partial charge in [-0.25, -0.2) is 4.79 Å². The summed E-state index contributed by atoms with van der Waals surface area (Å²) in [4.78, 5) is 16.4. The molecule has 0 fully saturated rings. The summed E-state index contributed by atoms with van der Waals surface area (Å²) in [6.45, 7) is 3.05. The predicted molar refractivity (Wildman–Crippen MR) is 121 cm³/mol. The summed E-state index contributed by atoms with van der Waals surface area (Å²) in [5.74, 6) is -1.32. The zero-order valence-corrected chi connectivity index (χ0v) is 20.3. The molecule has 1 aliphatic heterocycles. The molecule has 2 aromatic carbocycles. The molecule has 1 heterocycles. The summed E-state index contributed by atoms with van der Waals surface area (Å²) in [6, 6.07) is 0.391. The van der Waals surface area contributed by atoms with Gasteiger partial charge in [0.2, 0.25) is 0 Å². The highest BCUT2D eigenvalue weighted by Crippen LogP contribution is 2.50. The number of carbonyl (C=O) groups is 1. The molecule has 6 nitrogen and oxygen atoms in total. The number of ether oxygens (including phenoxy) is 1. The molecule has 0 spiro atoms. The Labute approximate surface area is 216 Å². The van der Waals surface area contributed by atoms with Gasteiger partial charge in [-0.3, -0.25) is 4.90 Å². The van der Waals surface area contributed by atoms with Crippen molar-refractivity contribution in [3.63, 3.8) is 0 Å². The number of fused-ring (bicyclic) bond motifs is 1. The van der Waals surface area contributed by atoms with Gasteiger partial charge in [0.25, 0.3) is 0 Å². The van der Waals surface area contributed by atoms with Gasteiger partial charge in [-0.1, -0.05) is 12.0 Å². The van der Waals surface area contributed by atoms with Gasteiger partial charge >= 0.3 is 24.6 Å². The van der Waals surface area contributed by atoms with Gasteiger partial charge in [-0.05, 0) is 72.8 Å². The fourth-order valence-electron chi connectivity index (χ4n) is 4.64. The highest BCUT2D eigenvalue weighted by atomic mass is 19.4. The zero-order chi connectivity index (χ0) is 29.3. The molecule has 212 valence electrons. The molecular formula is C24H21F9N4O2. The predicted octanol–water partition coefficient (Wildman–Crippen LogP) is 9.02. The molecule has 0 saturated heterocycles. The van der Waals surface area contributed by atoms with E-state index in [4.69, 9.17) is 4.74 Å². The zero-order valence-electron chi connectivity index (χ0n) is 20.3. The van der Waals surface area contributed by atoms with Crippen molar-refractivity contribution in [1.82, 2.24) is 0 Å². The number of halogens is 9. The molecule has 2 aromatic rings. The van der Waals surface area contributed by atoms with E-state index in [-0.39, 0.29) is 36.8 Å². The summed E-state index contributed by atoms with van der Waals surface area (Å²) in [6.07, 6.45) is -16.2. The molecular weight excluding hydrogens is 547 g/mol. The largest absolute Gasteiger partial charge is 0.449 e. The lowest BCUT2D eigenvalue weighted by atomic mass is 9.77. The first-order chi connectivity index (χ1) is 18.0. The van der Waals surface area contributed by atoms with Crippen molar-refractivity contribution in [2.75, 3.05) is 11.5 Å². The highest BCUT2D eigenvalue weighted by molar-refractivity contribution is 5.90. The average molecular weight is 568 g/mol. The first-order valence-corrected chi connectivity index (χ1v) is 11.5. The SMILES string of the molecule is CCOC(=O)N1c2ccc(C(F)(F)F)cc2C(C(N=[N+]=[N-])c2cc(C(F)(F)F)cc(C(F)(F)F)c2)CC1CC.